The summed E-state index contributed by atoms with van der Waals surface area (Å²) < 4.78 is 0. The fraction of sp³-hybridized carbons (Fsp3) is 0.288. The van der Waals surface area contributed by atoms with Crippen molar-refractivity contribution in [3.05, 3.63) is 208 Å². The van der Waals surface area contributed by atoms with Crippen molar-refractivity contribution in [2.45, 2.75) is 112 Å². The Morgan fingerprint density at radius 2 is 1.00 bits per heavy atom. The van der Waals surface area contributed by atoms with Gasteiger partial charge in [-0.25, -0.2) is 0 Å². The van der Waals surface area contributed by atoms with Gasteiger partial charge in [0.2, 0.25) is 0 Å². The zero-order valence-electron chi connectivity index (χ0n) is 41.0. The van der Waals surface area contributed by atoms with E-state index in [9.17, 15) is 0 Å². The summed E-state index contributed by atoms with van der Waals surface area (Å²) in [5, 5.41) is 0. The van der Waals surface area contributed by atoms with Crippen LogP contribution in [0.5, 0.6) is 0 Å². The average molecular weight is 889 g/mol. The first-order chi connectivity index (χ1) is 32.5. The lowest BCUT2D eigenvalue weighted by molar-refractivity contribution is 0.444. The van der Waals surface area contributed by atoms with Crippen LogP contribution in [-0.2, 0) is 0 Å². The molecule has 1 saturated carbocycles. The van der Waals surface area contributed by atoms with Crippen LogP contribution in [0, 0.1) is 27.7 Å². The molecule has 0 spiro atoms. The summed E-state index contributed by atoms with van der Waals surface area (Å²) in [5.74, 6) is 0.915. The maximum absolute atomic E-state index is 4.93. The molecule has 8 rings (SSSR count). The molecule has 0 bridgehead atoms. The highest BCUT2D eigenvalue weighted by atomic mass is 14.8. The molecule has 8 heteroatoms. The van der Waals surface area contributed by atoms with Crippen LogP contribution in [0.4, 0.5) is 17.1 Å². The summed E-state index contributed by atoms with van der Waals surface area (Å²) in [6.07, 6.45) is 19.2. The van der Waals surface area contributed by atoms with Crippen molar-refractivity contribution >= 4 is 41.4 Å². The molecule has 1 fully saturated rings. The summed E-state index contributed by atoms with van der Waals surface area (Å²) in [6, 6.07) is 42.8. The molecule has 0 aliphatic heterocycles. The van der Waals surface area contributed by atoms with E-state index in [1.165, 1.54) is 65.5 Å². The second-order valence-electron chi connectivity index (χ2n) is 17.4. The van der Waals surface area contributed by atoms with Crippen LogP contribution in [0.1, 0.15) is 135 Å². The molecule has 3 aromatic carbocycles. The molecule has 67 heavy (non-hydrogen) atoms. The second-order valence-corrected chi connectivity index (χ2v) is 17.4. The molecule has 0 atom stereocenters. The lowest BCUT2D eigenvalue weighted by atomic mass is 9.93. The van der Waals surface area contributed by atoms with E-state index in [1.54, 1.807) is 18.6 Å². The van der Waals surface area contributed by atoms with Crippen LogP contribution in [0.15, 0.2) is 172 Å². The van der Waals surface area contributed by atoms with Gasteiger partial charge in [-0.15, -0.1) is 0 Å². The van der Waals surface area contributed by atoms with Crippen molar-refractivity contribution in [1.29, 1.82) is 0 Å². The highest BCUT2D eigenvalue weighted by molar-refractivity contribution is 5.99. The molecule has 7 aromatic rings. The van der Waals surface area contributed by atoms with E-state index < -0.39 is 0 Å². The van der Waals surface area contributed by atoms with Crippen molar-refractivity contribution in [2.75, 3.05) is 0 Å². The summed E-state index contributed by atoms with van der Waals surface area (Å²) >= 11 is 0. The number of nitrogens with zero attached hydrogens (tertiary/aromatic N) is 8. The number of hydrogen-bond donors (Lipinski definition) is 0. The van der Waals surface area contributed by atoms with Gasteiger partial charge in [0.15, 0.2) is 0 Å². The summed E-state index contributed by atoms with van der Waals surface area (Å²) in [7, 11) is 0. The monoisotopic (exact) mass is 889 g/mol. The van der Waals surface area contributed by atoms with Crippen molar-refractivity contribution in [3.8, 4) is 0 Å². The Kier molecular flexibility index (Phi) is 20.8. The van der Waals surface area contributed by atoms with Crippen molar-refractivity contribution in [2.24, 2.45) is 20.0 Å². The van der Waals surface area contributed by atoms with E-state index in [4.69, 9.17) is 4.99 Å². The van der Waals surface area contributed by atoms with Crippen molar-refractivity contribution < 1.29 is 0 Å². The lowest BCUT2D eigenvalue weighted by Gasteiger charge is -2.17. The molecular weight excluding hydrogens is 821 g/mol. The minimum absolute atomic E-state index is 0.457. The molecule has 0 saturated heterocycles. The SMILES string of the molecule is C(=NC1CCCCC1)c1ccccn1.CC(=Nc1c(C(C)C)cccc1C(C)C)c1ccccn1.Cc1cc(C)c(N=Cc2ccccn2)c(C)c1.Cc1ccccc1N=Cc1ccccn1. The van der Waals surface area contributed by atoms with Gasteiger partial charge in [-0.3, -0.25) is 39.9 Å². The van der Waals surface area contributed by atoms with Gasteiger partial charge in [-0.2, -0.15) is 0 Å². The third-order valence-corrected chi connectivity index (χ3v) is 11.1. The molecule has 1 aliphatic carbocycles. The van der Waals surface area contributed by atoms with Crippen LogP contribution < -0.4 is 0 Å². The minimum atomic E-state index is 0.457. The van der Waals surface area contributed by atoms with Gasteiger partial charge in [0.1, 0.15) is 0 Å². The zero-order chi connectivity index (χ0) is 47.8. The number of pyridine rings is 4. The molecule has 4 heterocycles. The van der Waals surface area contributed by atoms with Crippen LogP contribution in [-0.4, -0.2) is 50.3 Å². The number of aromatic nitrogens is 4. The van der Waals surface area contributed by atoms with Gasteiger partial charge >= 0.3 is 0 Å². The number of aryl methyl sites for hydroxylation is 4. The summed E-state index contributed by atoms with van der Waals surface area (Å²) in [4.78, 5) is 35.4. The summed E-state index contributed by atoms with van der Waals surface area (Å²) in [6.45, 7) is 19.2. The van der Waals surface area contributed by atoms with E-state index in [-0.39, 0.29) is 0 Å². The standard InChI is InChI=1S/C19H24N2.C15H16N2.C13H12N2.C12H16N2/c1-13(2)16-9-8-10-17(14(3)4)19(16)21-15(5)18-11-6-7-12-20-18;1-11-8-12(2)15(13(3)9-11)17-10-14-6-4-5-7-16-14;1-11-6-2-3-8-13(11)15-10-12-7-4-5-9-14-12;1-2-6-11(7-3-1)14-10-12-8-4-5-9-13-12/h6-14H,1-5H3;4-10H,1-3H3;2-10H,1H3;4-5,8-11H,1-3,6-7H2. The van der Waals surface area contributed by atoms with Gasteiger partial charge in [-0.05, 0) is 142 Å². The first-order valence-corrected chi connectivity index (χ1v) is 23.6. The Bertz CT molecular complexity index is 2600. The fourth-order valence-corrected chi connectivity index (χ4v) is 7.56. The Hall–Kier alpha value is -7.06. The van der Waals surface area contributed by atoms with E-state index >= 15 is 0 Å². The Morgan fingerprint density at radius 1 is 0.507 bits per heavy atom. The van der Waals surface area contributed by atoms with Gasteiger partial charge in [-0.1, -0.05) is 125 Å². The zero-order valence-corrected chi connectivity index (χ0v) is 41.0. The van der Waals surface area contributed by atoms with Crippen LogP contribution in [0.3, 0.4) is 0 Å². The van der Waals surface area contributed by atoms with Crippen LogP contribution in [0.25, 0.3) is 0 Å². The van der Waals surface area contributed by atoms with Crippen LogP contribution >= 0.6 is 0 Å². The smallest absolute Gasteiger partial charge is 0.0841 e. The van der Waals surface area contributed by atoms with Gasteiger partial charge in [0, 0.05) is 31.0 Å². The summed E-state index contributed by atoms with van der Waals surface area (Å²) in [5.41, 5.74) is 15.2. The molecular formula is C59H68N8. The molecule has 344 valence electrons. The predicted molar refractivity (Wildman–Crippen MR) is 284 cm³/mol. The molecule has 4 aromatic heterocycles. The third kappa shape index (κ3) is 17.4. The molecule has 1 aliphatic rings. The quantitative estimate of drug-likeness (QED) is 0.128. The Morgan fingerprint density at radius 3 is 1.49 bits per heavy atom. The largest absolute Gasteiger partial charge is 0.288 e. The van der Waals surface area contributed by atoms with E-state index in [2.05, 4.69) is 114 Å². The van der Waals surface area contributed by atoms with Gasteiger partial charge in [0.25, 0.3) is 0 Å². The Balaban J connectivity index is 0.000000169. The Labute approximate surface area is 400 Å². The van der Waals surface area contributed by atoms with E-state index in [0.29, 0.717) is 17.9 Å². The maximum Gasteiger partial charge on any atom is 0.0841 e. The molecule has 0 unspecified atom stereocenters. The lowest BCUT2D eigenvalue weighted by Crippen LogP contribution is -2.09. The van der Waals surface area contributed by atoms with Crippen molar-refractivity contribution in [1.82, 2.24) is 19.9 Å². The number of benzene rings is 3. The van der Waals surface area contributed by atoms with Crippen LogP contribution in [0.2, 0.25) is 0 Å². The van der Waals surface area contributed by atoms with Gasteiger partial charge in [0.05, 0.1) is 64.0 Å². The topological polar surface area (TPSA) is 101 Å². The van der Waals surface area contributed by atoms with Crippen molar-refractivity contribution in [3.63, 3.8) is 0 Å². The maximum atomic E-state index is 4.93. The fourth-order valence-electron chi connectivity index (χ4n) is 7.56. The van der Waals surface area contributed by atoms with Gasteiger partial charge < -0.3 is 0 Å². The molecule has 0 N–H and O–H groups in total. The molecule has 0 radical (unpaired) electrons. The third-order valence-electron chi connectivity index (χ3n) is 11.1. The van der Waals surface area contributed by atoms with E-state index in [1.807, 2.05) is 136 Å². The second kappa shape index (κ2) is 27.4. The number of aliphatic imine (C=N–C) groups is 4. The minimum Gasteiger partial charge on any atom is -0.288 e. The molecule has 8 nitrogen and oxygen atoms in total. The first-order valence-electron chi connectivity index (χ1n) is 23.6. The highest BCUT2D eigenvalue weighted by Gasteiger charge is 2.14. The average Bonchev–Trinajstić information content (AvgIpc) is 3.35. The number of hydrogen-bond acceptors (Lipinski definition) is 8. The predicted octanol–water partition coefficient (Wildman–Crippen LogP) is 15.2. The first kappa shape index (κ1) is 50.9. The van der Waals surface area contributed by atoms with E-state index in [0.717, 1.165) is 45.5 Å². The number of para-hydroxylation sites is 2. The number of rotatable bonds is 10. The highest BCUT2D eigenvalue weighted by Crippen LogP contribution is 2.35. The normalized spacial score (nSPS) is 13.0. The molecule has 0 amide bonds.